The highest BCUT2D eigenvalue weighted by atomic mass is 16.5. The fraction of sp³-hybridized carbons (Fsp3) is 0.615. The quantitative estimate of drug-likeness (QED) is 0.607. The first-order valence-electron chi connectivity index (χ1n) is 6.36. The standard InChI is InChI=1S/C13H21N3O/c1-2-3-7-14-9-12-10-15-16(11-12)13-6-4-5-8-17-13/h2,10-11,13-14H,1,3-9H2. The Bertz CT molecular complexity index is 342. The third kappa shape index (κ3) is 3.68. The molecule has 0 aromatic carbocycles. The molecule has 17 heavy (non-hydrogen) atoms. The Morgan fingerprint density at radius 1 is 1.59 bits per heavy atom. The molecule has 94 valence electrons. The zero-order chi connectivity index (χ0) is 11.9. The monoisotopic (exact) mass is 235 g/mol. The highest BCUT2D eigenvalue weighted by Crippen LogP contribution is 2.21. The normalized spacial score (nSPS) is 20.4. The average molecular weight is 235 g/mol. The topological polar surface area (TPSA) is 39.1 Å². The van der Waals surface area contributed by atoms with Gasteiger partial charge < -0.3 is 10.1 Å². The van der Waals surface area contributed by atoms with Crippen LogP contribution in [-0.2, 0) is 11.3 Å². The summed E-state index contributed by atoms with van der Waals surface area (Å²) in [5.41, 5.74) is 1.21. The predicted molar refractivity (Wildman–Crippen MR) is 67.6 cm³/mol. The van der Waals surface area contributed by atoms with Crippen molar-refractivity contribution in [2.45, 2.75) is 38.5 Å². The third-order valence-electron chi connectivity index (χ3n) is 2.96. The summed E-state index contributed by atoms with van der Waals surface area (Å²) in [6.07, 6.45) is 10.5. The van der Waals surface area contributed by atoms with Crippen molar-refractivity contribution >= 4 is 0 Å². The van der Waals surface area contributed by atoms with Crippen LogP contribution in [0.3, 0.4) is 0 Å². The zero-order valence-electron chi connectivity index (χ0n) is 10.3. The minimum atomic E-state index is 0.144. The molecular weight excluding hydrogens is 214 g/mol. The summed E-state index contributed by atoms with van der Waals surface area (Å²) in [5.74, 6) is 0. The Morgan fingerprint density at radius 3 is 3.29 bits per heavy atom. The van der Waals surface area contributed by atoms with Crippen molar-refractivity contribution in [3.05, 3.63) is 30.6 Å². The molecule has 1 atom stereocenters. The van der Waals surface area contributed by atoms with Crippen molar-refractivity contribution < 1.29 is 4.74 Å². The van der Waals surface area contributed by atoms with Gasteiger partial charge in [0.25, 0.3) is 0 Å². The summed E-state index contributed by atoms with van der Waals surface area (Å²) in [7, 11) is 0. The van der Waals surface area contributed by atoms with Crippen molar-refractivity contribution in [2.24, 2.45) is 0 Å². The Kier molecular flexibility index (Phi) is 4.76. The van der Waals surface area contributed by atoms with E-state index in [0.29, 0.717) is 0 Å². The number of rotatable bonds is 6. The second-order valence-electron chi connectivity index (χ2n) is 4.40. The molecule has 1 aliphatic rings. The van der Waals surface area contributed by atoms with Gasteiger partial charge in [-0.3, -0.25) is 0 Å². The van der Waals surface area contributed by atoms with Gasteiger partial charge in [0.2, 0.25) is 0 Å². The lowest BCUT2D eigenvalue weighted by molar-refractivity contribution is -0.0395. The van der Waals surface area contributed by atoms with Crippen LogP contribution in [0.1, 0.15) is 37.5 Å². The van der Waals surface area contributed by atoms with Crippen LogP contribution in [0.5, 0.6) is 0 Å². The van der Waals surface area contributed by atoms with Gasteiger partial charge in [0.15, 0.2) is 0 Å². The summed E-state index contributed by atoms with van der Waals surface area (Å²) in [6, 6.07) is 0. The predicted octanol–water partition coefficient (Wildman–Crippen LogP) is 2.25. The molecule has 0 saturated carbocycles. The molecule has 1 N–H and O–H groups in total. The summed E-state index contributed by atoms with van der Waals surface area (Å²) in [5, 5.41) is 7.72. The van der Waals surface area contributed by atoms with E-state index in [4.69, 9.17) is 4.74 Å². The van der Waals surface area contributed by atoms with Crippen LogP contribution in [0.15, 0.2) is 25.0 Å². The second kappa shape index (κ2) is 6.57. The highest BCUT2D eigenvalue weighted by molar-refractivity contribution is 5.03. The number of hydrogen-bond acceptors (Lipinski definition) is 3. The van der Waals surface area contributed by atoms with Crippen LogP contribution in [0.25, 0.3) is 0 Å². The van der Waals surface area contributed by atoms with E-state index >= 15 is 0 Å². The van der Waals surface area contributed by atoms with E-state index in [0.717, 1.165) is 32.5 Å². The zero-order valence-corrected chi connectivity index (χ0v) is 10.3. The SMILES string of the molecule is C=CCCNCc1cnn(C2CCCCO2)c1. The molecule has 1 aromatic heterocycles. The van der Waals surface area contributed by atoms with E-state index in [2.05, 4.69) is 23.2 Å². The summed E-state index contributed by atoms with van der Waals surface area (Å²) in [4.78, 5) is 0. The van der Waals surface area contributed by atoms with Gasteiger partial charge in [0.05, 0.1) is 6.20 Å². The second-order valence-corrected chi connectivity index (χ2v) is 4.40. The smallest absolute Gasteiger partial charge is 0.150 e. The van der Waals surface area contributed by atoms with Gasteiger partial charge in [0.1, 0.15) is 6.23 Å². The molecule has 1 aromatic rings. The first-order valence-corrected chi connectivity index (χ1v) is 6.36. The maximum Gasteiger partial charge on any atom is 0.150 e. The van der Waals surface area contributed by atoms with Crippen molar-refractivity contribution in [3.8, 4) is 0 Å². The fourth-order valence-corrected chi connectivity index (χ4v) is 2.00. The van der Waals surface area contributed by atoms with E-state index in [-0.39, 0.29) is 6.23 Å². The molecular formula is C13H21N3O. The molecule has 0 bridgehead atoms. The van der Waals surface area contributed by atoms with Gasteiger partial charge in [0, 0.05) is 24.9 Å². The van der Waals surface area contributed by atoms with E-state index in [1.807, 2.05) is 17.0 Å². The molecule has 4 heteroatoms. The number of aromatic nitrogens is 2. The Labute approximate surface area is 103 Å². The molecule has 1 aliphatic heterocycles. The van der Waals surface area contributed by atoms with Crippen LogP contribution in [0.2, 0.25) is 0 Å². The van der Waals surface area contributed by atoms with Crippen molar-refractivity contribution in [1.29, 1.82) is 0 Å². The van der Waals surface area contributed by atoms with E-state index in [1.165, 1.54) is 18.4 Å². The fourth-order valence-electron chi connectivity index (χ4n) is 2.00. The largest absolute Gasteiger partial charge is 0.357 e. The minimum absolute atomic E-state index is 0.144. The molecule has 2 rings (SSSR count). The van der Waals surface area contributed by atoms with Gasteiger partial charge in [-0.2, -0.15) is 5.10 Å². The molecule has 1 unspecified atom stereocenters. The number of nitrogens with zero attached hydrogens (tertiary/aromatic N) is 2. The summed E-state index contributed by atoms with van der Waals surface area (Å²) < 4.78 is 7.64. The van der Waals surface area contributed by atoms with Gasteiger partial charge in [-0.25, -0.2) is 4.68 Å². The van der Waals surface area contributed by atoms with Gasteiger partial charge >= 0.3 is 0 Å². The van der Waals surface area contributed by atoms with Gasteiger partial charge in [-0.05, 0) is 32.2 Å². The van der Waals surface area contributed by atoms with E-state index in [9.17, 15) is 0 Å². The van der Waals surface area contributed by atoms with Gasteiger partial charge in [-0.15, -0.1) is 6.58 Å². The molecule has 0 radical (unpaired) electrons. The molecule has 4 nitrogen and oxygen atoms in total. The Hall–Kier alpha value is -1.13. The van der Waals surface area contributed by atoms with Crippen LogP contribution in [0, 0.1) is 0 Å². The molecule has 0 aliphatic carbocycles. The number of hydrogen-bond donors (Lipinski definition) is 1. The Balaban J connectivity index is 1.80. The van der Waals surface area contributed by atoms with E-state index in [1.54, 1.807) is 0 Å². The molecule has 0 amide bonds. The molecule has 1 fully saturated rings. The lowest BCUT2D eigenvalue weighted by Gasteiger charge is -2.22. The summed E-state index contributed by atoms with van der Waals surface area (Å²) in [6.45, 7) is 6.38. The van der Waals surface area contributed by atoms with Crippen LogP contribution < -0.4 is 5.32 Å². The molecule has 2 heterocycles. The van der Waals surface area contributed by atoms with E-state index < -0.39 is 0 Å². The van der Waals surface area contributed by atoms with Crippen molar-refractivity contribution in [2.75, 3.05) is 13.2 Å². The van der Waals surface area contributed by atoms with Crippen molar-refractivity contribution in [3.63, 3.8) is 0 Å². The first-order chi connectivity index (χ1) is 8.40. The van der Waals surface area contributed by atoms with Crippen molar-refractivity contribution in [1.82, 2.24) is 15.1 Å². The molecule has 1 saturated heterocycles. The first kappa shape index (κ1) is 12.3. The maximum atomic E-state index is 5.69. The van der Waals surface area contributed by atoms with Crippen LogP contribution in [-0.4, -0.2) is 22.9 Å². The molecule has 0 spiro atoms. The lowest BCUT2D eigenvalue weighted by atomic mass is 10.2. The highest BCUT2D eigenvalue weighted by Gasteiger charge is 2.16. The average Bonchev–Trinajstić information content (AvgIpc) is 2.85. The lowest BCUT2D eigenvalue weighted by Crippen LogP contribution is -2.18. The minimum Gasteiger partial charge on any atom is -0.357 e. The van der Waals surface area contributed by atoms with Crippen LogP contribution in [0.4, 0.5) is 0 Å². The van der Waals surface area contributed by atoms with Gasteiger partial charge in [-0.1, -0.05) is 6.08 Å². The number of nitrogens with one attached hydrogen (secondary N) is 1. The number of ether oxygens (including phenoxy) is 1. The van der Waals surface area contributed by atoms with Crippen LogP contribution >= 0.6 is 0 Å². The Morgan fingerprint density at radius 2 is 2.53 bits per heavy atom. The summed E-state index contributed by atoms with van der Waals surface area (Å²) >= 11 is 0. The maximum absolute atomic E-state index is 5.69. The third-order valence-corrected chi connectivity index (χ3v) is 2.96.